The van der Waals surface area contributed by atoms with Crippen LogP contribution in [-0.2, 0) is 19.7 Å². The summed E-state index contributed by atoms with van der Waals surface area (Å²) >= 11 is 0. The van der Waals surface area contributed by atoms with Crippen LogP contribution in [0.1, 0.15) is 11.1 Å². The molecule has 0 aliphatic carbocycles. The Morgan fingerprint density at radius 2 is 1.89 bits per heavy atom. The van der Waals surface area contributed by atoms with Crippen molar-refractivity contribution < 1.29 is 23.8 Å². The molecule has 3 rings (SSSR count). The fourth-order valence-electron chi connectivity index (χ4n) is 2.88. The highest BCUT2D eigenvalue weighted by molar-refractivity contribution is 5.79. The SMILES string of the molecule is Cc1cc(C2(C3(C(=O)O)COC3)COC2)ccc1F. The average Bonchev–Trinajstić information content (AvgIpc) is 2.24. The third-order valence-electron chi connectivity index (χ3n) is 4.43. The first kappa shape index (κ1) is 12.6. The summed E-state index contributed by atoms with van der Waals surface area (Å²) in [5.41, 5.74) is -0.210. The van der Waals surface area contributed by atoms with Gasteiger partial charge in [-0.2, -0.15) is 0 Å². The van der Waals surface area contributed by atoms with Crippen molar-refractivity contribution in [1.29, 1.82) is 0 Å². The van der Waals surface area contributed by atoms with E-state index in [4.69, 9.17) is 9.47 Å². The Morgan fingerprint density at radius 1 is 1.26 bits per heavy atom. The molecule has 0 saturated carbocycles. The Bertz CT molecular complexity index is 532. The molecule has 1 N–H and O–H groups in total. The lowest BCUT2D eigenvalue weighted by Crippen LogP contribution is -2.70. The molecule has 1 aromatic rings. The number of hydrogen-bond donors (Lipinski definition) is 1. The highest BCUT2D eigenvalue weighted by Gasteiger charge is 2.65. The van der Waals surface area contributed by atoms with E-state index in [0.29, 0.717) is 18.8 Å². The number of hydrogen-bond acceptors (Lipinski definition) is 3. The summed E-state index contributed by atoms with van der Waals surface area (Å²) in [6, 6.07) is 4.77. The van der Waals surface area contributed by atoms with Crippen LogP contribution in [0.15, 0.2) is 18.2 Å². The van der Waals surface area contributed by atoms with Gasteiger partial charge in [-0.1, -0.05) is 12.1 Å². The molecule has 2 fully saturated rings. The average molecular weight is 266 g/mol. The maximum atomic E-state index is 13.4. The van der Waals surface area contributed by atoms with Crippen molar-refractivity contribution in [2.45, 2.75) is 12.3 Å². The van der Waals surface area contributed by atoms with E-state index in [9.17, 15) is 14.3 Å². The van der Waals surface area contributed by atoms with E-state index in [1.54, 1.807) is 19.1 Å². The fraction of sp³-hybridized carbons (Fsp3) is 0.500. The largest absolute Gasteiger partial charge is 0.481 e. The molecule has 4 nitrogen and oxygen atoms in total. The molecular weight excluding hydrogens is 251 g/mol. The molecule has 0 radical (unpaired) electrons. The summed E-state index contributed by atoms with van der Waals surface area (Å²) < 4.78 is 23.8. The standard InChI is InChI=1S/C14H15FO4/c1-9-4-10(2-3-11(9)15)13(5-18-6-13)14(12(16)17)7-19-8-14/h2-4H,5-8H2,1H3,(H,16,17). The summed E-state index contributed by atoms with van der Waals surface area (Å²) in [6.07, 6.45) is 0. The normalized spacial score (nSPS) is 23.3. The molecule has 0 amide bonds. The second-order valence-electron chi connectivity index (χ2n) is 5.42. The van der Waals surface area contributed by atoms with Gasteiger partial charge < -0.3 is 14.6 Å². The summed E-state index contributed by atoms with van der Waals surface area (Å²) in [5, 5.41) is 9.56. The predicted octanol–water partition coefficient (Wildman–Crippen LogP) is 1.50. The maximum Gasteiger partial charge on any atom is 0.315 e. The van der Waals surface area contributed by atoms with Crippen LogP contribution in [0.5, 0.6) is 0 Å². The summed E-state index contributed by atoms with van der Waals surface area (Å²) in [5.74, 6) is -1.16. The molecule has 102 valence electrons. The zero-order valence-electron chi connectivity index (χ0n) is 10.6. The quantitative estimate of drug-likeness (QED) is 0.901. The molecular formula is C14H15FO4. The molecule has 2 saturated heterocycles. The zero-order valence-corrected chi connectivity index (χ0v) is 10.6. The van der Waals surface area contributed by atoms with Gasteiger partial charge in [-0.05, 0) is 24.1 Å². The molecule has 1 aromatic carbocycles. The Labute approximate surface area is 110 Å². The second-order valence-corrected chi connectivity index (χ2v) is 5.42. The molecule has 5 heteroatoms. The van der Waals surface area contributed by atoms with Crippen LogP contribution >= 0.6 is 0 Å². The maximum absolute atomic E-state index is 13.4. The number of rotatable bonds is 3. The van der Waals surface area contributed by atoms with E-state index in [1.807, 2.05) is 0 Å². The lowest BCUT2D eigenvalue weighted by atomic mass is 9.57. The van der Waals surface area contributed by atoms with Crippen molar-refractivity contribution in [3.63, 3.8) is 0 Å². The Kier molecular flexibility index (Phi) is 2.66. The lowest BCUT2D eigenvalue weighted by Gasteiger charge is -2.56. The Balaban J connectivity index is 2.08. The van der Waals surface area contributed by atoms with Crippen LogP contribution in [-0.4, -0.2) is 37.5 Å². The minimum atomic E-state index is -0.949. The van der Waals surface area contributed by atoms with Crippen LogP contribution in [0, 0.1) is 18.2 Å². The first-order valence-corrected chi connectivity index (χ1v) is 6.17. The first-order chi connectivity index (χ1) is 9.02. The number of ether oxygens (including phenoxy) is 2. The van der Waals surface area contributed by atoms with Crippen molar-refractivity contribution in [2.24, 2.45) is 5.41 Å². The van der Waals surface area contributed by atoms with Crippen LogP contribution in [0.3, 0.4) is 0 Å². The molecule has 2 heterocycles. The number of aliphatic carboxylic acids is 1. The second kappa shape index (κ2) is 4.02. The van der Waals surface area contributed by atoms with E-state index in [2.05, 4.69) is 0 Å². The number of aryl methyl sites for hydroxylation is 1. The predicted molar refractivity (Wildman–Crippen MR) is 64.5 cm³/mol. The van der Waals surface area contributed by atoms with E-state index in [-0.39, 0.29) is 19.0 Å². The van der Waals surface area contributed by atoms with Gasteiger partial charge in [0.1, 0.15) is 11.2 Å². The molecule has 2 aliphatic heterocycles. The highest BCUT2D eigenvalue weighted by Crippen LogP contribution is 2.52. The molecule has 0 spiro atoms. The number of halogens is 1. The van der Waals surface area contributed by atoms with Gasteiger partial charge in [0.25, 0.3) is 0 Å². The van der Waals surface area contributed by atoms with Crippen molar-refractivity contribution in [1.82, 2.24) is 0 Å². The third kappa shape index (κ3) is 1.48. The van der Waals surface area contributed by atoms with E-state index in [0.717, 1.165) is 5.56 Å². The van der Waals surface area contributed by atoms with Crippen LogP contribution < -0.4 is 0 Å². The monoisotopic (exact) mass is 266 g/mol. The van der Waals surface area contributed by atoms with Gasteiger partial charge in [0.15, 0.2) is 0 Å². The van der Waals surface area contributed by atoms with Crippen molar-refractivity contribution in [3.05, 3.63) is 35.1 Å². The smallest absolute Gasteiger partial charge is 0.315 e. The number of carboxylic acids is 1. The van der Waals surface area contributed by atoms with Gasteiger partial charge in [0.05, 0.1) is 31.8 Å². The molecule has 0 atom stereocenters. The van der Waals surface area contributed by atoms with E-state index < -0.39 is 16.8 Å². The van der Waals surface area contributed by atoms with Crippen molar-refractivity contribution >= 4 is 5.97 Å². The highest BCUT2D eigenvalue weighted by atomic mass is 19.1. The summed E-state index contributed by atoms with van der Waals surface area (Å²) in [4.78, 5) is 11.7. The van der Waals surface area contributed by atoms with Gasteiger partial charge in [-0.15, -0.1) is 0 Å². The first-order valence-electron chi connectivity index (χ1n) is 6.17. The molecule has 0 unspecified atom stereocenters. The van der Waals surface area contributed by atoms with Crippen molar-refractivity contribution in [3.8, 4) is 0 Å². The molecule has 0 bridgehead atoms. The van der Waals surface area contributed by atoms with Gasteiger partial charge in [-0.25, -0.2) is 4.39 Å². The van der Waals surface area contributed by atoms with Crippen LogP contribution in [0.2, 0.25) is 0 Å². The minimum absolute atomic E-state index is 0.183. The van der Waals surface area contributed by atoms with E-state index >= 15 is 0 Å². The summed E-state index contributed by atoms with van der Waals surface area (Å²) in [6.45, 7) is 2.72. The van der Waals surface area contributed by atoms with Gasteiger partial charge >= 0.3 is 5.97 Å². The topological polar surface area (TPSA) is 55.8 Å². The molecule has 2 aliphatic rings. The zero-order chi connectivity index (χ0) is 13.7. The number of benzene rings is 1. The van der Waals surface area contributed by atoms with Crippen molar-refractivity contribution in [2.75, 3.05) is 26.4 Å². The van der Waals surface area contributed by atoms with Gasteiger partial charge in [0, 0.05) is 0 Å². The number of carbonyl (C=O) groups is 1. The van der Waals surface area contributed by atoms with Crippen LogP contribution in [0.25, 0.3) is 0 Å². The fourth-order valence-corrected chi connectivity index (χ4v) is 2.88. The number of carboxylic acid groups (broad SMARTS) is 1. The van der Waals surface area contributed by atoms with E-state index in [1.165, 1.54) is 6.07 Å². The molecule has 0 aromatic heterocycles. The Morgan fingerprint density at radius 3 is 2.26 bits per heavy atom. The lowest BCUT2D eigenvalue weighted by molar-refractivity contribution is -0.236. The van der Waals surface area contributed by atoms with Gasteiger partial charge in [0.2, 0.25) is 0 Å². The van der Waals surface area contributed by atoms with Gasteiger partial charge in [-0.3, -0.25) is 4.79 Å². The van der Waals surface area contributed by atoms with Crippen LogP contribution in [0.4, 0.5) is 4.39 Å². The molecule has 19 heavy (non-hydrogen) atoms. The summed E-state index contributed by atoms with van der Waals surface area (Å²) in [7, 11) is 0. The third-order valence-corrected chi connectivity index (χ3v) is 4.43. The minimum Gasteiger partial charge on any atom is -0.481 e. The Hall–Kier alpha value is -1.46.